The first-order valence-electron chi connectivity index (χ1n) is 6.25. The van der Waals surface area contributed by atoms with Crippen LogP contribution in [0.25, 0.3) is 0 Å². The SMILES string of the molecule is O=C(O)COCC#Cc1cccc(C#CCOCC(=O)O)c1. The molecule has 0 bridgehead atoms. The Balaban J connectivity index is 2.48. The van der Waals surface area contributed by atoms with Gasteiger partial charge in [0.25, 0.3) is 0 Å². The third kappa shape index (κ3) is 8.39. The van der Waals surface area contributed by atoms with Gasteiger partial charge < -0.3 is 19.7 Å². The summed E-state index contributed by atoms with van der Waals surface area (Å²) in [5.74, 6) is 8.98. The number of rotatable bonds is 6. The number of aliphatic carboxylic acids is 2. The zero-order valence-electron chi connectivity index (χ0n) is 11.7. The van der Waals surface area contributed by atoms with Crippen molar-refractivity contribution in [3.05, 3.63) is 35.4 Å². The molecule has 1 aromatic carbocycles. The molecule has 6 nitrogen and oxygen atoms in total. The minimum atomic E-state index is -1.04. The van der Waals surface area contributed by atoms with Gasteiger partial charge in [-0.1, -0.05) is 29.7 Å². The predicted octanol–water partition coefficient (Wildman–Crippen LogP) is 0.592. The Morgan fingerprint density at radius 3 is 1.77 bits per heavy atom. The summed E-state index contributed by atoms with van der Waals surface area (Å²) in [5.41, 5.74) is 1.44. The van der Waals surface area contributed by atoms with Crippen molar-refractivity contribution in [2.24, 2.45) is 0 Å². The maximum atomic E-state index is 10.2. The third-order valence-corrected chi connectivity index (χ3v) is 2.13. The van der Waals surface area contributed by atoms with Gasteiger partial charge in [-0.2, -0.15) is 0 Å². The van der Waals surface area contributed by atoms with Gasteiger partial charge in [-0.3, -0.25) is 0 Å². The van der Waals surface area contributed by atoms with E-state index in [0.29, 0.717) is 0 Å². The number of benzene rings is 1. The van der Waals surface area contributed by atoms with Gasteiger partial charge in [0.2, 0.25) is 0 Å². The Kier molecular flexibility index (Phi) is 7.84. The molecule has 0 aromatic heterocycles. The molecule has 22 heavy (non-hydrogen) atoms. The van der Waals surface area contributed by atoms with Crippen molar-refractivity contribution in [1.82, 2.24) is 0 Å². The van der Waals surface area contributed by atoms with Gasteiger partial charge in [0.05, 0.1) is 0 Å². The van der Waals surface area contributed by atoms with Gasteiger partial charge in [0.1, 0.15) is 26.4 Å². The second-order valence-electron chi connectivity index (χ2n) is 3.96. The summed E-state index contributed by atoms with van der Waals surface area (Å²) in [4.78, 5) is 20.5. The second kappa shape index (κ2) is 10.0. The van der Waals surface area contributed by atoms with Crippen molar-refractivity contribution in [1.29, 1.82) is 0 Å². The molecule has 0 saturated carbocycles. The van der Waals surface area contributed by atoms with E-state index in [1.165, 1.54) is 0 Å². The number of carboxylic acid groups (broad SMARTS) is 2. The first-order valence-corrected chi connectivity index (χ1v) is 6.25. The summed E-state index contributed by atoms with van der Waals surface area (Å²) in [6.07, 6.45) is 0. The van der Waals surface area contributed by atoms with Crippen LogP contribution < -0.4 is 0 Å². The van der Waals surface area contributed by atoms with Crippen molar-refractivity contribution in [3.63, 3.8) is 0 Å². The Bertz CT molecular complexity index is 589. The molecule has 0 unspecified atom stereocenters. The van der Waals surface area contributed by atoms with Gasteiger partial charge in [0.15, 0.2) is 0 Å². The quantitative estimate of drug-likeness (QED) is 0.590. The summed E-state index contributed by atoms with van der Waals surface area (Å²) in [6, 6.07) is 7.12. The van der Waals surface area contributed by atoms with Gasteiger partial charge in [0, 0.05) is 11.1 Å². The van der Waals surface area contributed by atoms with E-state index in [1.807, 2.05) is 0 Å². The highest BCUT2D eigenvalue weighted by Crippen LogP contribution is 2.02. The van der Waals surface area contributed by atoms with Gasteiger partial charge in [-0.05, 0) is 18.2 Å². The summed E-state index contributed by atoms with van der Waals surface area (Å²) in [5, 5.41) is 16.8. The maximum absolute atomic E-state index is 10.2. The van der Waals surface area contributed by atoms with E-state index in [1.54, 1.807) is 24.3 Å². The standard InChI is InChI=1S/C16H14O6/c17-15(18)11-21-8-2-6-13-4-1-5-14(10-13)7-3-9-22-12-16(19)20/h1,4-5,10H,8-9,11-12H2,(H,17,18)(H,19,20). The van der Waals surface area contributed by atoms with E-state index in [0.717, 1.165) is 11.1 Å². The summed E-state index contributed by atoms with van der Waals surface area (Å²) in [7, 11) is 0. The molecule has 0 aliphatic carbocycles. The van der Waals surface area contributed by atoms with Crippen LogP contribution in [0.5, 0.6) is 0 Å². The minimum Gasteiger partial charge on any atom is -0.480 e. The predicted molar refractivity (Wildman–Crippen MR) is 77.1 cm³/mol. The number of carboxylic acids is 2. The molecule has 0 saturated heterocycles. The van der Waals surface area contributed by atoms with E-state index in [9.17, 15) is 9.59 Å². The van der Waals surface area contributed by atoms with E-state index < -0.39 is 11.9 Å². The zero-order chi connectivity index (χ0) is 16.2. The Labute approximate surface area is 127 Å². The average molecular weight is 302 g/mol. The van der Waals surface area contributed by atoms with Crippen molar-refractivity contribution < 1.29 is 29.3 Å². The number of ether oxygens (including phenoxy) is 2. The number of hydrogen-bond acceptors (Lipinski definition) is 4. The molecular weight excluding hydrogens is 288 g/mol. The smallest absolute Gasteiger partial charge is 0.329 e. The molecule has 0 heterocycles. The number of carbonyl (C=O) groups is 2. The molecule has 2 N–H and O–H groups in total. The Hall–Kier alpha value is -2.80. The molecule has 114 valence electrons. The Morgan fingerprint density at radius 2 is 1.36 bits per heavy atom. The zero-order valence-corrected chi connectivity index (χ0v) is 11.7. The lowest BCUT2D eigenvalue weighted by Crippen LogP contribution is -2.06. The van der Waals surface area contributed by atoms with Crippen LogP contribution in [0.4, 0.5) is 0 Å². The topological polar surface area (TPSA) is 93.1 Å². The van der Waals surface area contributed by atoms with Gasteiger partial charge >= 0.3 is 11.9 Å². The van der Waals surface area contributed by atoms with E-state index in [-0.39, 0.29) is 26.4 Å². The average Bonchev–Trinajstić information content (AvgIpc) is 2.46. The second-order valence-corrected chi connectivity index (χ2v) is 3.96. The normalized spacial score (nSPS) is 9.09. The van der Waals surface area contributed by atoms with Crippen LogP contribution in [0.15, 0.2) is 24.3 Å². The highest BCUT2D eigenvalue weighted by Gasteiger charge is 1.94. The lowest BCUT2D eigenvalue weighted by atomic mass is 10.1. The molecule has 0 amide bonds. The van der Waals surface area contributed by atoms with Crippen molar-refractivity contribution >= 4 is 11.9 Å². The van der Waals surface area contributed by atoms with E-state index in [2.05, 4.69) is 23.7 Å². The fourth-order valence-electron chi connectivity index (χ4n) is 1.33. The first kappa shape index (κ1) is 17.3. The monoisotopic (exact) mass is 302 g/mol. The Morgan fingerprint density at radius 1 is 0.909 bits per heavy atom. The molecule has 0 radical (unpaired) electrons. The van der Waals surface area contributed by atoms with Crippen LogP contribution in [-0.4, -0.2) is 48.6 Å². The lowest BCUT2D eigenvalue weighted by molar-refractivity contribution is -0.142. The van der Waals surface area contributed by atoms with Crippen LogP contribution in [0.3, 0.4) is 0 Å². The van der Waals surface area contributed by atoms with Gasteiger partial charge in [-0.15, -0.1) is 0 Å². The van der Waals surface area contributed by atoms with E-state index >= 15 is 0 Å². The molecule has 0 spiro atoms. The third-order valence-electron chi connectivity index (χ3n) is 2.13. The minimum absolute atomic E-state index is 0.0330. The van der Waals surface area contributed by atoms with Crippen molar-refractivity contribution in [2.75, 3.05) is 26.4 Å². The molecule has 1 rings (SSSR count). The van der Waals surface area contributed by atoms with Crippen LogP contribution in [0.1, 0.15) is 11.1 Å². The molecule has 6 heteroatoms. The summed E-state index contributed by atoms with van der Waals surface area (Å²) in [6.45, 7) is -0.691. The highest BCUT2D eigenvalue weighted by atomic mass is 16.5. The first-order chi connectivity index (χ1) is 10.6. The maximum Gasteiger partial charge on any atom is 0.329 e. The lowest BCUT2D eigenvalue weighted by Gasteiger charge is -1.94. The van der Waals surface area contributed by atoms with Crippen LogP contribution in [0, 0.1) is 23.7 Å². The summed E-state index contributed by atoms with van der Waals surface area (Å²) < 4.78 is 9.59. The van der Waals surface area contributed by atoms with Crippen molar-refractivity contribution in [3.8, 4) is 23.7 Å². The van der Waals surface area contributed by atoms with Crippen LogP contribution in [-0.2, 0) is 19.1 Å². The molecule has 1 aromatic rings. The molecule has 0 fully saturated rings. The molecule has 0 atom stereocenters. The van der Waals surface area contributed by atoms with E-state index in [4.69, 9.17) is 19.7 Å². The van der Waals surface area contributed by atoms with Crippen LogP contribution in [0.2, 0.25) is 0 Å². The fourth-order valence-corrected chi connectivity index (χ4v) is 1.33. The highest BCUT2D eigenvalue weighted by molar-refractivity contribution is 5.68. The molecule has 0 aliphatic rings. The van der Waals surface area contributed by atoms with Gasteiger partial charge in [-0.25, -0.2) is 9.59 Å². The summed E-state index contributed by atoms with van der Waals surface area (Å²) >= 11 is 0. The number of hydrogen-bond donors (Lipinski definition) is 2. The molecule has 0 aliphatic heterocycles. The van der Waals surface area contributed by atoms with Crippen molar-refractivity contribution in [2.45, 2.75) is 0 Å². The fraction of sp³-hybridized carbons (Fsp3) is 0.250. The molecular formula is C16H14O6. The largest absolute Gasteiger partial charge is 0.480 e. The van der Waals surface area contributed by atoms with Crippen LogP contribution >= 0.6 is 0 Å².